The number of hydrogen-bond donors (Lipinski definition) is 1. The standard InChI is InChI=1S/C19H25N3O/c1-6-19(7-2)16-10-14(8-9-17(16)20-18(19)23)15-11-22(12(3)4)21-13(15)5/h8-12H,6-7H2,1-5H3,(H,20,23). The van der Waals surface area contributed by atoms with Crippen molar-refractivity contribution in [1.29, 1.82) is 0 Å². The molecule has 0 atom stereocenters. The van der Waals surface area contributed by atoms with E-state index in [9.17, 15) is 4.79 Å². The number of carbonyl (C=O) groups excluding carboxylic acids is 1. The lowest BCUT2D eigenvalue weighted by atomic mass is 9.76. The number of aryl methyl sites for hydroxylation is 1. The van der Waals surface area contributed by atoms with Gasteiger partial charge in [0, 0.05) is 23.5 Å². The van der Waals surface area contributed by atoms with E-state index in [1.165, 1.54) is 0 Å². The van der Waals surface area contributed by atoms with Crippen LogP contribution in [-0.2, 0) is 10.2 Å². The summed E-state index contributed by atoms with van der Waals surface area (Å²) in [5.41, 5.74) is 4.98. The first-order valence-corrected chi connectivity index (χ1v) is 8.45. The Hall–Kier alpha value is -2.10. The van der Waals surface area contributed by atoms with Crippen molar-refractivity contribution in [1.82, 2.24) is 9.78 Å². The lowest BCUT2D eigenvalue weighted by Gasteiger charge is -2.24. The largest absolute Gasteiger partial charge is 0.325 e. The first-order chi connectivity index (χ1) is 10.9. The van der Waals surface area contributed by atoms with Crippen LogP contribution >= 0.6 is 0 Å². The Kier molecular flexibility index (Phi) is 3.78. The van der Waals surface area contributed by atoms with Crippen LogP contribution in [0.4, 0.5) is 5.69 Å². The molecule has 23 heavy (non-hydrogen) atoms. The fraction of sp³-hybridized carbons (Fsp3) is 0.474. The van der Waals surface area contributed by atoms with Crippen molar-refractivity contribution in [3.63, 3.8) is 0 Å². The lowest BCUT2D eigenvalue weighted by Crippen LogP contribution is -2.32. The average Bonchev–Trinajstić information content (AvgIpc) is 3.04. The number of rotatable bonds is 4. The molecule has 2 aromatic rings. The number of benzene rings is 1. The Bertz CT molecular complexity index is 754. The molecule has 1 N–H and O–H groups in total. The van der Waals surface area contributed by atoms with Crippen molar-refractivity contribution >= 4 is 11.6 Å². The monoisotopic (exact) mass is 311 g/mol. The molecule has 0 unspecified atom stereocenters. The van der Waals surface area contributed by atoms with E-state index in [1.807, 2.05) is 17.7 Å². The highest BCUT2D eigenvalue weighted by Gasteiger charge is 2.43. The van der Waals surface area contributed by atoms with Gasteiger partial charge in [-0.15, -0.1) is 0 Å². The summed E-state index contributed by atoms with van der Waals surface area (Å²) in [7, 11) is 0. The van der Waals surface area contributed by atoms with Gasteiger partial charge in [-0.05, 0) is 56.9 Å². The highest BCUT2D eigenvalue weighted by atomic mass is 16.2. The van der Waals surface area contributed by atoms with Gasteiger partial charge in [0.1, 0.15) is 0 Å². The molecular formula is C19H25N3O. The van der Waals surface area contributed by atoms with E-state index in [1.54, 1.807) is 0 Å². The maximum absolute atomic E-state index is 12.5. The first kappa shape index (κ1) is 15.8. The maximum atomic E-state index is 12.5. The third-order valence-corrected chi connectivity index (χ3v) is 5.18. The lowest BCUT2D eigenvalue weighted by molar-refractivity contribution is -0.121. The second-order valence-electron chi connectivity index (χ2n) is 6.71. The molecule has 4 nitrogen and oxygen atoms in total. The van der Waals surface area contributed by atoms with Gasteiger partial charge < -0.3 is 5.32 Å². The van der Waals surface area contributed by atoms with Crippen LogP contribution in [0.5, 0.6) is 0 Å². The zero-order chi connectivity index (χ0) is 16.8. The average molecular weight is 311 g/mol. The fourth-order valence-corrected chi connectivity index (χ4v) is 3.56. The van der Waals surface area contributed by atoms with Gasteiger partial charge in [-0.3, -0.25) is 9.48 Å². The van der Waals surface area contributed by atoms with Crippen LogP contribution in [0.15, 0.2) is 24.4 Å². The van der Waals surface area contributed by atoms with E-state index in [0.717, 1.165) is 40.9 Å². The number of nitrogens with zero attached hydrogens (tertiary/aromatic N) is 2. The number of fused-ring (bicyclic) bond motifs is 1. The number of amides is 1. The first-order valence-electron chi connectivity index (χ1n) is 8.45. The molecule has 2 heterocycles. The number of anilines is 1. The van der Waals surface area contributed by atoms with Gasteiger partial charge in [-0.1, -0.05) is 19.9 Å². The van der Waals surface area contributed by atoms with Gasteiger partial charge in [0.15, 0.2) is 0 Å². The quantitative estimate of drug-likeness (QED) is 0.906. The topological polar surface area (TPSA) is 46.9 Å². The number of aromatic nitrogens is 2. The van der Waals surface area contributed by atoms with Crippen LogP contribution in [0.3, 0.4) is 0 Å². The van der Waals surface area contributed by atoms with Crippen molar-refractivity contribution in [3.05, 3.63) is 35.7 Å². The molecule has 0 fully saturated rings. The summed E-state index contributed by atoms with van der Waals surface area (Å²) in [5, 5.41) is 7.65. The minimum absolute atomic E-state index is 0.129. The van der Waals surface area contributed by atoms with Gasteiger partial charge in [0.05, 0.1) is 11.1 Å². The van der Waals surface area contributed by atoms with Crippen LogP contribution < -0.4 is 5.32 Å². The van der Waals surface area contributed by atoms with Crippen molar-refractivity contribution in [2.75, 3.05) is 5.32 Å². The van der Waals surface area contributed by atoms with Gasteiger partial charge in [-0.2, -0.15) is 5.10 Å². The van der Waals surface area contributed by atoms with E-state index in [2.05, 4.69) is 56.4 Å². The van der Waals surface area contributed by atoms with Gasteiger partial charge in [0.25, 0.3) is 0 Å². The molecule has 0 aliphatic carbocycles. The Balaban J connectivity index is 2.12. The molecule has 1 aromatic heterocycles. The van der Waals surface area contributed by atoms with Gasteiger partial charge in [-0.25, -0.2) is 0 Å². The van der Waals surface area contributed by atoms with Crippen molar-refractivity contribution in [3.8, 4) is 11.1 Å². The third-order valence-electron chi connectivity index (χ3n) is 5.18. The van der Waals surface area contributed by atoms with E-state index >= 15 is 0 Å². The van der Waals surface area contributed by atoms with Gasteiger partial charge in [0.2, 0.25) is 5.91 Å². The van der Waals surface area contributed by atoms with Crippen molar-refractivity contribution in [2.45, 2.75) is 58.9 Å². The maximum Gasteiger partial charge on any atom is 0.235 e. The van der Waals surface area contributed by atoms with E-state index in [4.69, 9.17) is 0 Å². The molecule has 1 amide bonds. The second-order valence-corrected chi connectivity index (χ2v) is 6.71. The SMILES string of the molecule is CCC1(CC)C(=O)Nc2ccc(-c3cn(C(C)C)nc3C)cc21. The summed E-state index contributed by atoms with van der Waals surface area (Å²) in [4.78, 5) is 12.5. The smallest absolute Gasteiger partial charge is 0.235 e. The van der Waals surface area contributed by atoms with E-state index in [0.29, 0.717) is 6.04 Å². The Morgan fingerprint density at radius 1 is 1.26 bits per heavy atom. The number of hydrogen-bond acceptors (Lipinski definition) is 2. The minimum atomic E-state index is -0.396. The molecule has 0 bridgehead atoms. The summed E-state index contributed by atoms with van der Waals surface area (Å²) in [6.07, 6.45) is 3.73. The van der Waals surface area contributed by atoms with Crippen LogP contribution in [0.25, 0.3) is 11.1 Å². The predicted octanol–water partition coefficient (Wildman–Crippen LogP) is 4.45. The molecule has 4 heteroatoms. The Labute approximate surface area is 137 Å². The van der Waals surface area contributed by atoms with Crippen molar-refractivity contribution < 1.29 is 4.79 Å². The summed E-state index contributed by atoms with van der Waals surface area (Å²) in [6, 6.07) is 6.62. The minimum Gasteiger partial charge on any atom is -0.325 e. The highest BCUT2D eigenvalue weighted by Crippen LogP contribution is 2.44. The summed E-state index contributed by atoms with van der Waals surface area (Å²) >= 11 is 0. The highest BCUT2D eigenvalue weighted by molar-refractivity contribution is 6.06. The fourth-order valence-electron chi connectivity index (χ4n) is 3.56. The molecule has 0 radical (unpaired) electrons. The molecule has 1 aliphatic heterocycles. The number of nitrogens with one attached hydrogen (secondary N) is 1. The summed E-state index contributed by atoms with van der Waals surface area (Å²) in [5.74, 6) is 0.129. The molecule has 1 aromatic carbocycles. The van der Waals surface area contributed by atoms with E-state index < -0.39 is 5.41 Å². The zero-order valence-corrected chi connectivity index (χ0v) is 14.6. The molecule has 0 saturated heterocycles. The second kappa shape index (κ2) is 5.52. The molecule has 0 saturated carbocycles. The molecule has 0 spiro atoms. The number of carbonyl (C=O) groups is 1. The molecular weight excluding hydrogens is 286 g/mol. The van der Waals surface area contributed by atoms with E-state index in [-0.39, 0.29) is 5.91 Å². The summed E-state index contributed by atoms with van der Waals surface area (Å²) in [6.45, 7) is 10.5. The van der Waals surface area contributed by atoms with Crippen LogP contribution in [0.2, 0.25) is 0 Å². The zero-order valence-electron chi connectivity index (χ0n) is 14.6. The summed E-state index contributed by atoms with van der Waals surface area (Å²) < 4.78 is 1.99. The Morgan fingerprint density at radius 2 is 1.96 bits per heavy atom. The Morgan fingerprint density at radius 3 is 2.52 bits per heavy atom. The van der Waals surface area contributed by atoms with Gasteiger partial charge >= 0.3 is 0 Å². The van der Waals surface area contributed by atoms with Crippen LogP contribution in [0.1, 0.15) is 57.8 Å². The third kappa shape index (κ3) is 2.28. The molecule has 3 rings (SSSR count). The molecule has 122 valence electrons. The van der Waals surface area contributed by atoms with Crippen LogP contribution in [-0.4, -0.2) is 15.7 Å². The predicted molar refractivity (Wildman–Crippen MR) is 93.7 cm³/mol. The van der Waals surface area contributed by atoms with Crippen molar-refractivity contribution in [2.24, 2.45) is 0 Å². The normalized spacial score (nSPS) is 15.8. The van der Waals surface area contributed by atoms with Crippen LogP contribution in [0, 0.1) is 6.92 Å². The molecule has 1 aliphatic rings.